The Morgan fingerprint density at radius 1 is 1.24 bits per heavy atom. The molecule has 1 aromatic heterocycles. The molecular formula is C21H26N2O2. The van der Waals surface area contributed by atoms with Gasteiger partial charge in [0.05, 0.1) is 0 Å². The maximum Gasteiger partial charge on any atom is 0.257 e. The molecule has 25 heavy (non-hydrogen) atoms. The number of benzene rings is 1. The Bertz CT molecular complexity index is 809. The fourth-order valence-electron chi connectivity index (χ4n) is 5.09. The van der Waals surface area contributed by atoms with Crippen molar-refractivity contribution in [3.63, 3.8) is 0 Å². The van der Waals surface area contributed by atoms with Gasteiger partial charge in [0.2, 0.25) is 0 Å². The van der Waals surface area contributed by atoms with Gasteiger partial charge in [0, 0.05) is 11.6 Å². The number of hydrogen-bond acceptors (Lipinski definition) is 3. The third kappa shape index (κ3) is 2.26. The summed E-state index contributed by atoms with van der Waals surface area (Å²) in [6.07, 6.45) is 3.53. The maximum atomic E-state index is 13.1. The van der Waals surface area contributed by atoms with Crippen LogP contribution in [0.15, 0.2) is 34.9 Å². The Morgan fingerprint density at radius 3 is 2.56 bits per heavy atom. The maximum absolute atomic E-state index is 13.1. The number of carbonyl (C=O) groups is 1. The smallest absolute Gasteiger partial charge is 0.257 e. The second kappa shape index (κ2) is 5.45. The minimum atomic E-state index is -0.0628. The molecular weight excluding hydrogens is 312 g/mol. The van der Waals surface area contributed by atoms with E-state index in [0.717, 1.165) is 12.0 Å². The van der Waals surface area contributed by atoms with E-state index in [4.69, 9.17) is 4.52 Å². The highest BCUT2D eigenvalue weighted by molar-refractivity contribution is 6.01. The Kier molecular flexibility index (Phi) is 3.57. The molecule has 3 atom stereocenters. The molecule has 0 spiro atoms. The molecule has 0 aliphatic heterocycles. The molecule has 4 rings (SSSR count). The minimum absolute atomic E-state index is 0.0628. The van der Waals surface area contributed by atoms with Crippen LogP contribution in [0.5, 0.6) is 0 Å². The van der Waals surface area contributed by atoms with Crippen LogP contribution >= 0.6 is 0 Å². The van der Waals surface area contributed by atoms with E-state index in [1.807, 2.05) is 30.3 Å². The number of nitrogens with zero attached hydrogens (tertiary/aromatic N) is 1. The van der Waals surface area contributed by atoms with Crippen molar-refractivity contribution in [1.82, 2.24) is 10.5 Å². The van der Waals surface area contributed by atoms with Crippen molar-refractivity contribution < 1.29 is 9.32 Å². The van der Waals surface area contributed by atoms with Crippen molar-refractivity contribution in [3.05, 3.63) is 41.7 Å². The van der Waals surface area contributed by atoms with Crippen molar-refractivity contribution in [3.8, 4) is 11.3 Å². The number of aryl methyl sites for hydroxylation is 1. The molecule has 0 saturated heterocycles. The summed E-state index contributed by atoms with van der Waals surface area (Å²) in [6, 6.07) is 9.97. The van der Waals surface area contributed by atoms with Gasteiger partial charge >= 0.3 is 0 Å². The lowest BCUT2D eigenvalue weighted by Gasteiger charge is -2.39. The summed E-state index contributed by atoms with van der Waals surface area (Å²) in [5.74, 6) is 1.20. The zero-order valence-electron chi connectivity index (χ0n) is 15.4. The van der Waals surface area contributed by atoms with E-state index in [9.17, 15) is 4.79 Å². The van der Waals surface area contributed by atoms with Crippen molar-refractivity contribution in [2.45, 2.75) is 53.0 Å². The van der Waals surface area contributed by atoms with Gasteiger partial charge < -0.3 is 9.84 Å². The summed E-state index contributed by atoms with van der Waals surface area (Å²) in [6.45, 7) is 8.86. The molecule has 0 radical (unpaired) electrons. The molecule has 132 valence electrons. The number of fused-ring (bicyclic) bond motifs is 2. The normalized spacial score (nSPS) is 29.8. The van der Waals surface area contributed by atoms with E-state index in [1.165, 1.54) is 12.8 Å². The van der Waals surface area contributed by atoms with Crippen LogP contribution in [0.1, 0.15) is 56.2 Å². The summed E-state index contributed by atoms with van der Waals surface area (Å²) in [5.41, 5.74) is 2.53. The van der Waals surface area contributed by atoms with Gasteiger partial charge in [-0.25, -0.2) is 0 Å². The number of rotatable bonds is 3. The molecule has 4 nitrogen and oxygen atoms in total. The fraction of sp³-hybridized carbons (Fsp3) is 0.524. The fourth-order valence-corrected chi connectivity index (χ4v) is 5.09. The molecule has 2 aliphatic carbocycles. The molecule has 1 heterocycles. The summed E-state index contributed by atoms with van der Waals surface area (Å²) < 4.78 is 5.35. The molecule has 0 unspecified atom stereocenters. The Labute approximate surface area is 149 Å². The third-order valence-corrected chi connectivity index (χ3v) is 7.24. The molecule has 2 aliphatic rings. The first-order chi connectivity index (χ1) is 11.8. The van der Waals surface area contributed by atoms with Crippen LogP contribution in [0.4, 0.5) is 0 Å². The number of amides is 1. The number of nitrogens with one attached hydrogen (secondary N) is 1. The van der Waals surface area contributed by atoms with Crippen LogP contribution in [0, 0.1) is 23.7 Å². The van der Waals surface area contributed by atoms with Crippen LogP contribution in [0.2, 0.25) is 0 Å². The van der Waals surface area contributed by atoms with Crippen LogP contribution < -0.4 is 5.32 Å². The lowest BCUT2D eigenvalue weighted by molar-refractivity contribution is 0.0825. The van der Waals surface area contributed by atoms with Crippen LogP contribution in [0.25, 0.3) is 11.3 Å². The second-order valence-electron chi connectivity index (χ2n) is 8.46. The molecule has 1 N–H and O–H groups in total. The highest BCUT2D eigenvalue weighted by atomic mass is 16.5. The van der Waals surface area contributed by atoms with E-state index in [2.05, 4.69) is 31.2 Å². The van der Waals surface area contributed by atoms with Crippen molar-refractivity contribution >= 4 is 5.91 Å². The summed E-state index contributed by atoms with van der Waals surface area (Å²) in [4.78, 5) is 13.1. The van der Waals surface area contributed by atoms with Crippen LogP contribution in [0.3, 0.4) is 0 Å². The Morgan fingerprint density at radius 2 is 1.96 bits per heavy atom. The van der Waals surface area contributed by atoms with Gasteiger partial charge in [0.25, 0.3) is 5.91 Å². The van der Waals surface area contributed by atoms with Crippen molar-refractivity contribution in [2.75, 3.05) is 0 Å². The SMILES string of the molecule is Cc1onc(-c2ccccc2)c1C(=O)N[C@H]1C[C@@H]2CC[C@]1(C)C2(C)C. The lowest BCUT2D eigenvalue weighted by atomic mass is 9.69. The molecule has 1 amide bonds. The molecule has 2 fully saturated rings. The standard InChI is InChI=1S/C21H26N2O2/c1-13-17(18(23-25-13)14-8-6-5-7-9-14)19(24)22-16-12-15-10-11-21(16,4)20(15,2)3/h5-9,15-16H,10-12H2,1-4H3,(H,22,24)/t15-,16-,21-/m0/s1. The van der Waals surface area contributed by atoms with Gasteiger partial charge in [-0.3, -0.25) is 4.79 Å². The molecule has 2 saturated carbocycles. The van der Waals surface area contributed by atoms with Gasteiger partial charge in [-0.2, -0.15) is 0 Å². The highest BCUT2D eigenvalue weighted by Crippen LogP contribution is 2.65. The van der Waals surface area contributed by atoms with Gasteiger partial charge in [0.15, 0.2) is 0 Å². The van der Waals surface area contributed by atoms with Gasteiger partial charge in [-0.05, 0) is 42.9 Å². The van der Waals surface area contributed by atoms with Crippen molar-refractivity contribution in [1.29, 1.82) is 0 Å². The summed E-state index contributed by atoms with van der Waals surface area (Å²) in [5, 5.41) is 7.46. The number of hydrogen-bond donors (Lipinski definition) is 1. The first-order valence-electron chi connectivity index (χ1n) is 9.17. The van der Waals surface area contributed by atoms with E-state index in [0.29, 0.717) is 22.9 Å². The van der Waals surface area contributed by atoms with Gasteiger partial charge in [0.1, 0.15) is 17.0 Å². The predicted octanol–water partition coefficient (Wildman–Crippen LogP) is 4.59. The third-order valence-electron chi connectivity index (χ3n) is 7.24. The monoisotopic (exact) mass is 338 g/mol. The van der Waals surface area contributed by atoms with Crippen LogP contribution in [-0.4, -0.2) is 17.1 Å². The second-order valence-corrected chi connectivity index (χ2v) is 8.46. The zero-order valence-corrected chi connectivity index (χ0v) is 15.4. The number of aromatic nitrogens is 1. The minimum Gasteiger partial charge on any atom is -0.360 e. The largest absolute Gasteiger partial charge is 0.360 e. The molecule has 2 aromatic rings. The Balaban J connectivity index is 1.63. The first kappa shape index (κ1) is 16.4. The summed E-state index contributed by atoms with van der Waals surface area (Å²) >= 11 is 0. The van der Waals surface area contributed by atoms with E-state index in [1.54, 1.807) is 6.92 Å². The Hall–Kier alpha value is -2.10. The molecule has 2 bridgehead atoms. The van der Waals surface area contributed by atoms with E-state index in [-0.39, 0.29) is 22.8 Å². The highest BCUT2D eigenvalue weighted by Gasteiger charge is 2.61. The topological polar surface area (TPSA) is 55.1 Å². The van der Waals surface area contributed by atoms with E-state index >= 15 is 0 Å². The molecule has 4 heteroatoms. The average Bonchev–Trinajstić information content (AvgIpc) is 3.14. The molecule has 1 aromatic carbocycles. The first-order valence-corrected chi connectivity index (χ1v) is 9.17. The predicted molar refractivity (Wildman–Crippen MR) is 97.2 cm³/mol. The lowest BCUT2D eigenvalue weighted by Crippen LogP contribution is -2.47. The van der Waals surface area contributed by atoms with Crippen molar-refractivity contribution in [2.24, 2.45) is 16.7 Å². The summed E-state index contributed by atoms with van der Waals surface area (Å²) in [7, 11) is 0. The van der Waals surface area contributed by atoms with E-state index < -0.39 is 0 Å². The quantitative estimate of drug-likeness (QED) is 0.890. The van der Waals surface area contributed by atoms with Gasteiger partial charge in [-0.15, -0.1) is 0 Å². The zero-order chi connectivity index (χ0) is 17.8. The number of carbonyl (C=O) groups excluding carboxylic acids is 1. The van der Waals surface area contributed by atoms with Crippen LogP contribution in [-0.2, 0) is 0 Å². The average molecular weight is 338 g/mol. The van der Waals surface area contributed by atoms with Gasteiger partial charge in [-0.1, -0.05) is 56.3 Å².